The second-order valence-corrected chi connectivity index (χ2v) is 7.16. The lowest BCUT2D eigenvalue weighted by Gasteiger charge is -2.48. The fourth-order valence-corrected chi connectivity index (χ4v) is 4.21. The SMILES string of the molecule is c1cncc(CN2CCO[C@@]3(CCCN(c4nncs4)C3)C2)c1. The van der Waals surface area contributed by atoms with Gasteiger partial charge in [0.15, 0.2) is 0 Å². The molecule has 7 heteroatoms. The predicted octanol–water partition coefficient (Wildman–Crippen LogP) is 1.80. The van der Waals surface area contributed by atoms with E-state index in [9.17, 15) is 0 Å². The van der Waals surface area contributed by atoms with E-state index in [1.807, 2.05) is 18.5 Å². The van der Waals surface area contributed by atoms with Crippen LogP contribution in [0.1, 0.15) is 18.4 Å². The molecular weight excluding hydrogens is 310 g/mol. The number of morpholine rings is 1. The number of nitrogens with zero attached hydrogens (tertiary/aromatic N) is 5. The average Bonchev–Trinajstić information content (AvgIpc) is 3.10. The summed E-state index contributed by atoms with van der Waals surface area (Å²) in [6.07, 6.45) is 6.04. The molecule has 2 aromatic rings. The standard InChI is InChI=1S/C16H21N5OS/c1-3-14(9-17-5-1)10-20-7-8-22-16(11-20)4-2-6-21(12-16)15-19-18-13-23-15/h1,3,5,9,13H,2,4,6-8,10-12H2/t16-/m0/s1. The van der Waals surface area contributed by atoms with Crippen LogP contribution in [0.4, 0.5) is 5.13 Å². The van der Waals surface area contributed by atoms with Crippen LogP contribution < -0.4 is 4.90 Å². The smallest absolute Gasteiger partial charge is 0.208 e. The maximum absolute atomic E-state index is 6.26. The quantitative estimate of drug-likeness (QED) is 0.855. The van der Waals surface area contributed by atoms with Crippen LogP contribution in [0.15, 0.2) is 30.0 Å². The fourth-order valence-electron chi connectivity index (χ4n) is 3.62. The Morgan fingerprint density at radius 3 is 3.13 bits per heavy atom. The summed E-state index contributed by atoms with van der Waals surface area (Å²) in [5.41, 5.74) is 2.98. The minimum absolute atomic E-state index is 0.0790. The van der Waals surface area contributed by atoms with E-state index in [2.05, 4.69) is 31.0 Å². The molecule has 2 aromatic heterocycles. The van der Waals surface area contributed by atoms with E-state index in [-0.39, 0.29) is 5.60 Å². The second-order valence-electron chi connectivity index (χ2n) is 6.35. The number of hydrogen-bond acceptors (Lipinski definition) is 7. The number of ether oxygens (including phenoxy) is 1. The lowest BCUT2D eigenvalue weighted by Crippen LogP contribution is -2.59. The van der Waals surface area contributed by atoms with Gasteiger partial charge in [0.1, 0.15) is 5.51 Å². The van der Waals surface area contributed by atoms with E-state index in [0.717, 1.165) is 57.3 Å². The van der Waals surface area contributed by atoms with Gasteiger partial charge in [0.05, 0.1) is 18.8 Å². The Morgan fingerprint density at radius 1 is 1.30 bits per heavy atom. The van der Waals surface area contributed by atoms with Gasteiger partial charge < -0.3 is 9.64 Å². The largest absolute Gasteiger partial charge is 0.370 e. The van der Waals surface area contributed by atoms with Gasteiger partial charge in [0.2, 0.25) is 5.13 Å². The molecule has 23 heavy (non-hydrogen) atoms. The highest BCUT2D eigenvalue weighted by molar-refractivity contribution is 7.13. The van der Waals surface area contributed by atoms with Crippen molar-refractivity contribution in [1.29, 1.82) is 0 Å². The predicted molar refractivity (Wildman–Crippen MR) is 89.6 cm³/mol. The molecule has 0 amide bonds. The number of anilines is 1. The summed E-state index contributed by atoms with van der Waals surface area (Å²) in [7, 11) is 0. The molecule has 4 rings (SSSR count). The zero-order chi connectivity index (χ0) is 15.5. The van der Waals surface area contributed by atoms with E-state index < -0.39 is 0 Å². The van der Waals surface area contributed by atoms with Gasteiger partial charge in [-0.3, -0.25) is 9.88 Å². The number of pyridine rings is 1. The van der Waals surface area contributed by atoms with Crippen molar-refractivity contribution in [1.82, 2.24) is 20.1 Å². The van der Waals surface area contributed by atoms with Crippen LogP contribution in [0.5, 0.6) is 0 Å². The molecule has 6 nitrogen and oxygen atoms in total. The molecule has 0 unspecified atom stereocenters. The first-order valence-corrected chi connectivity index (χ1v) is 8.97. The summed E-state index contributed by atoms with van der Waals surface area (Å²) in [6, 6.07) is 4.15. The monoisotopic (exact) mass is 331 g/mol. The van der Waals surface area contributed by atoms with E-state index in [1.54, 1.807) is 16.8 Å². The van der Waals surface area contributed by atoms with Gasteiger partial charge in [-0.15, -0.1) is 10.2 Å². The maximum Gasteiger partial charge on any atom is 0.208 e. The van der Waals surface area contributed by atoms with Crippen molar-refractivity contribution in [3.63, 3.8) is 0 Å². The minimum atomic E-state index is -0.0790. The van der Waals surface area contributed by atoms with Crippen molar-refractivity contribution in [3.05, 3.63) is 35.6 Å². The second kappa shape index (κ2) is 6.51. The zero-order valence-corrected chi connectivity index (χ0v) is 13.9. The number of aromatic nitrogens is 3. The molecule has 2 aliphatic rings. The molecule has 2 aliphatic heterocycles. The van der Waals surface area contributed by atoms with Crippen LogP contribution in [0.2, 0.25) is 0 Å². The molecule has 0 saturated carbocycles. The van der Waals surface area contributed by atoms with Gasteiger partial charge in [-0.2, -0.15) is 0 Å². The van der Waals surface area contributed by atoms with Crippen molar-refractivity contribution in [2.45, 2.75) is 25.0 Å². The molecule has 4 heterocycles. The number of piperidine rings is 1. The molecule has 0 radical (unpaired) electrons. The summed E-state index contributed by atoms with van der Waals surface area (Å²) >= 11 is 1.61. The van der Waals surface area contributed by atoms with Crippen molar-refractivity contribution in [3.8, 4) is 0 Å². The summed E-state index contributed by atoms with van der Waals surface area (Å²) in [6.45, 7) is 5.64. The first-order chi connectivity index (χ1) is 11.3. The third-order valence-electron chi connectivity index (χ3n) is 4.61. The summed E-state index contributed by atoms with van der Waals surface area (Å²) in [5.74, 6) is 0. The molecule has 0 aromatic carbocycles. The van der Waals surface area contributed by atoms with Gasteiger partial charge in [-0.1, -0.05) is 17.4 Å². The van der Waals surface area contributed by atoms with E-state index >= 15 is 0 Å². The summed E-state index contributed by atoms with van der Waals surface area (Å²) in [4.78, 5) is 9.04. The Balaban J connectivity index is 1.45. The fraction of sp³-hybridized carbons (Fsp3) is 0.562. The van der Waals surface area contributed by atoms with Crippen LogP contribution in [0.3, 0.4) is 0 Å². The van der Waals surface area contributed by atoms with Crippen LogP contribution in [-0.2, 0) is 11.3 Å². The van der Waals surface area contributed by atoms with Gasteiger partial charge in [-0.05, 0) is 24.5 Å². The molecular formula is C16H21N5OS. The Morgan fingerprint density at radius 2 is 2.30 bits per heavy atom. The minimum Gasteiger partial charge on any atom is -0.370 e. The maximum atomic E-state index is 6.26. The Kier molecular flexibility index (Phi) is 4.24. The van der Waals surface area contributed by atoms with Crippen molar-refractivity contribution in [2.24, 2.45) is 0 Å². The van der Waals surface area contributed by atoms with Crippen LogP contribution in [0, 0.1) is 0 Å². The lowest BCUT2D eigenvalue weighted by molar-refractivity contribution is -0.116. The van der Waals surface area contributed by atoms with E-state index in [1.165, 1.54) is 5.56 Å². The van der Waals surface area contributed by atoms with Gasteiger partial charge in [0.25, 0.3) is 0 Å². The van der Waals surface area contributed by atoms with Crippen molar-refractivity contribution in [2.75, 3.05) is 37.7 Å². The average molecular weight is 331 g/mol. The zero-order valence-electron chi connectivity index (χ0n) is 13.1. The molecule has 1 atom stereocenters. The van der Waals surface area contributed by atoms with Crippen LogP contribution in [-0.4, -0.2) is 58.5 Å². The molecule has 0 N–H and O–H groups in total. The van der Waals surface area contributed by atoms with Crippen LogP contribution >= 0.6 is 11.3 Å². The highest BCUT2D eigenvalue weighted by Crippen LogP contribution is 2.32. The summed E-state index contributed by atoms with van der Waals surface area (Å²) < 4.78 is 6.26. The van der Waals surface area contributed by atoms with Crippen LogP contribution in [0.25, 0.3) is 0 Å². The molecule has 1 spiro atoms. The first kappa shape index (κ1) is 15.0. The first-order valence-electron chi connectivity index (χ1n) is 8.09. The van der Waals surface area contributed by atoms with Crippen molar-refractivity contribution < 1.29 is 4.74 Å². The van der Waals surface area contributed by atoms with E-state index in [4.69, 9.17) is 4.74 Å². The Hall–Kier alpha value is -1.57. The Labute approximate surface area is 140 Å². The lowest BCUT2D eigenvalue weighted by atomic mass is 9.91. The number of rotatable bonds is 3. The molecule has 0 bridgehead atoms. The highest BCUT2D eigenvalue weighted by atomic mass is 32.1. The van der Waals surface area contributed by atoms with Gasteiger partial charge in [0, 0.05) is 38.6 Å². The third-order valence-corrected chi connectivity index (χ3v) is 5.37. The molecule has 2 fully saturated rings. The van der Waals surface area contributed by atoms with E-state index in [0.29, 0.717) is 0 Å². The topological polar surface area (TPSA) is 54.4 Å². The Bertz CT molecular complexity index is 619. The molecule has 0 aliphatic carbocycles. The molecule has 2 saturated heterocycles. The molecule has 122 valence electrons. The number of hydrogen-bond donors (Lipinski definition) is 0. The van der Waals surface area contributed by atoms with Gasteiger partial charge in [-0.25, -0.2) is 0 Å². The summed E-state index contributed by atoms with van der Waals surface area (Å²) in [5, 5.41) is 9.20. The highest BCUT2D eigenvalue weighted by Gasteiger charge is 2.41. The third kappa shape index (κ3) is 3.36. The van der Waals surface area contributed by atoms with Gasteiger partial charge >= 0.3 is 0 Å². The normalized spacial score (nSPS) is 25.8. The van der Waals surface area contributed by atoms with Crippen molar-refractivity contribution >= 4 is 16.5 Å².